The Kier molecular flexibility index (Phi) is 4.61. The smallest absolute Gasteiger partial charge is 0.412 e. The van der Waals surface area contributed by atoms with Gasteiger partial charge in [0.25, 0.3) is 5.69 Å². The van der Waals surface area contributed by atoms with Crippen LogP contribution in [0.2, 0.25) is 0 Å². The van der Waals surface area contributed by atoms with Crippen LogP contribution in [0.1, 0.15) is 11.1 Å². The van der Waals surface area contributed by atoms with E-state index in [2.05, 4.69) is 5.32 Å². The molecule has 0 atom stereocenters. The highest BCUT2D eigenvalue weighted by atomic mass is 16.6. The number of hydrogen-bond donors (Lipinski definition) is 1. The molecule has 25 heavy (non-hydrogen) atoms. The number of carbonyl (C=O) groups excluding carboxylic acids is 1. The first-order valence-corrected chi connectivity index (χ1v) is 7.70. The van der Waals surface area contributed by atoms with Crippen LogP contribution in [0.5, 0.6) is 0 Å². The molecule has 0 unspecified atom stereocenters. The first-order chi connectivity index (χ1) is 12.1. The van der Waals surface area contributed by atoms with E-state index >= 15 is 0 Å². The Morgan fingerprint density at radius 1 is 1.04 bits per heavy atom. The maximum atomic E-state index is 12.1. The summed E-state index contributed by atoms with van der Waals surface area (Å²) in [5.41, 5.74) is 1.77. The molecule has 0 heterocycles. The van der Waals surface area contributed by atoms with Crippen LogP contribution >= 0.6 is 0 Å². The maximum Gasteiger partial charge on any atom is 0.412 e. The minimum Gasteiger partial charge on any atom is -0.444 e. The summed E-state index contributed by atoms with van der Waals surface area (Å²) < 4.78 is 5.17. The topological polar surface area (TPSA) is 81.5 Å². The van der Waals surface area contributed by atoms with Crippen LogP contribution < -0.4 is 5.32 Å². The molecule has 3 aromatic carbocycles. The lowest BCUT2D eigenvalue weighted by molar-refractivity contribution is -0.383. The van der Waals surface area contributed by atoms with E-state index in [1.54, 1.807) is 18.2 Å². The average Bonchev–Trinajstić information content (AvgIpc) is 2.61. The van der Waals surface area contributed by atoms with E-state index < -0.39 is 11.0 Å². The number of nitro groups is 1. The number of nitro benzene ring substituents is 1. The van der Waals surface area contributed by atoms with Gasteiger partial charge in [-0.25, -0.2) is 4.79 Å². The van der Waals surface area contributed by atoms with Gasteiger partial charge in [-0.2, -0.15) is 0 Å². The third kappa shape index (κ3) is 3.58. The highest BCUT2D eigenvalue weighted by Crippen LogP contribution is 2.34. The van der Waals surface area contributed by atoms with Crippen molar-refractivity contribution >= 4 is 28.2 Å². The number of nitrogens with zero attached hydrogens (tertiary/aromatic N) is 1. The quantitative estimate of drug-likeness (QED) is 0.548. The molecule has 0 spiro atoms. The summed E-state index contributed by atoms with van der Waals surface area (Å²) in [6.45, 7) is 2.00. The van der Waals surface area contributed by atoms with Gasteiger partial charge in [-0.3, -0.25) is 15.4 Å². The monoisotopic (exact) mass is 336 g/mol. The van der Waals surface area contributed by atoms with Crippen LogP contribution in [0.15, 0.2) is 60.7 Å². The second-order valence-electron chi connectivity index (χ2n) is 5.57. The van der Waals surface area contributed by atoms with E-state index in [1.807, 2.05) is 43.3 Å². The molecule has 3 aromatic rings. The zero-order valence-electron chi connectivity index (χ0n) is 13.6. The molecular weight excluding hydrogens is 320 g/mol. The first-order valence-electron chi connectivity index (χ1n) is 7.70. The molecule has 0 saturated heterocycles. The van der Waals surface area contributed by atoms with Crippen LogP contribution in [0.25, 0.3) is 10.8 Å². The number of nitrogens with one attached hydrogen (secondary N) is 1. The number of amides is 1. The van der Waals surface area contributed by atoms with Crippen LogP contribution in [-0.4, -0.2) is 11.0 Å². The molecule has 6 heteroatoms. The lowest BCUT2D eigenvalue weighted by Crippen LogP contribution is -2.15. The fourth-order valence-electron chi connectivity index (χ4n) is 2.65. The fraction of sp³-hybridized carbons (Fsp3) is 0.105. The van der Waals surface area contributed by atoms with Crippen molar-refractivity contribution in [1.82, 2.24) is 0 Å². The van der Waals surface area contributed by atoms with Gasteiger partial charge in [0.15, 0.2) is 0 Å². The van der Waals surface area contributed by atoms with Crippen LogP contribution in [-0.2, 0) is 11.3 Å². The molecule has 0 bridgehead atoms. The van der Waals surface area contributed by atoms with Crippen molar-refractivity contribution < 1.29 is 14.5 Å². The third-order valence-electron chi connectivity index (χ3n) is 3.89. The van der Waals surface area contributed by atoms with E-state index in [9.17, 15) is 14.9 Å². The summed E-state index contributed by atoms with van der Waals surface area (Å²) in [5, 5.41) is 15.3. The van der Waals surface area contributed by atoms with Crippen molar-refractivity contribution in [2.45, 2.75) is 13.5 Å². The van der Waals surface area contributed by atoms with Gasteiger partial charge in [0.05, 0.1) is 4.92 Å². The first kappa shape index (κ1) is 16.4. The molecule has 0 aliphatic heterocycles. The van der Waals surface area contributed by atoms with E-state index in [4.69, 9.17) is 4.74 Å². The molecular formula is C19H16N2O4. The molecule has 126 valence electrons. The predicted molar refractivity (Wildman–Crippen MR) is 95.6 cm³/mol. The third-order valence-corrected chi connectivity index (χ3v) is 3.89. The van der Waals surface area contributed by atoms with Crippen molar-refractivity contribution in [2.75, 3.05) is 5.32 Å². The highest BCUT2D eigenvalue weighted by Gasteiger charge is 2.20. The van der Waals surface area contributed by atoms with Gasteiger partial charge in [0, 0.05) is 11.5 Å². The van der Waals surface area contributed by atoms with Gasteiger partial charge in [0.2, 0.25) is 0 Å². The number of anilines is 1. The summed E-state index contributed by atoms with van der Waals surface area (Å²) in [7, 11) is 0. The van der Waals surface area contributed by atoms with Crippen molar-refractivity contribution in [3.05, 3.63) is 81.9 Å². The van der Waals surface area contributed by atoms with E-state index in [-0.39, 0.29) is 18.0 Å². The van der Waals surface area contributed by atoms with Crippen molar-refractivity contribution in [1.29, 1.82) is 0 Å². The minimum absolute atomic E-state index is 0.0876. The zero-order valence-corrected chi connectivity index (χ0v) is 13.6. The summed E-state index contributed by atoms with van der Waals surface area (Å²) >= 11 is 0. The zero-order chi connectivity index (χ0) is 17.8. The molecule has 6 nitrogen and oxygen atoms in total. The van der Waals surface area contributed by atoms with E-state index in [1.165, 1.54) is 6.07 Å². The lowest BCUT2D eigenvalue weighted by atomic mass is 10.0. The van der Waals surface area contributed by atoms with Gasteiger partial charge < -0.3 is 4.74 Å². The summed E-state index contributed by atoms with van der Waals surface area (Å²) in [4.78, 5) is 22.9. The normalized spacial score (nSPS) is 10.4. The Hall–Kier alpha value is -3.41. The summed E-state index contributed by atoms with van der Waals surface area (Å²) in [6.07, 6.45) is -0.735. The second kappa shape index (κ2) is 7.00. The number of rotatable bonds is 4. The Morgan fingerprint density at radius 3 is 2.52 bits per heavy atom. The van der Waals surface area contributed by atoms with E-state index in [0.29, 0.717) is 5.39 Å². The number of aryl methyl sites for hydroxylation is 1. The fourth-order valence-corrected chi connectivity index (χ4v) is 2.65. The number of hydrogen-bond acceptors (Lipinski definition) is 4. The number of benzene rings is 3. The molecule has 1 N–H and O–H groups in total. The Bertz CT molecular complexity index is 939. The Labute approximate surface area is 144 Å². The van der Waals surface area contributed by atoms with Crippen molar-refractivity contribution in [3.63, 3.8) is 0 Å². The van der Waals surface area contributed by atoms with Crippen molar-refractivity contribution in [3.8, 4) is 0 Å². The lowest BCUT2D eigenvalue weighted by Gasteiger charge is -2.11. The van der Waals surface area contributed by atoms with Gasteiger partial charge in [0.1, 0.15) is 12.3 Å². The summed E-state index contributed by atoms with van der Waals surface area (Å²) in [5.74, 6) is 0. The molecule has 0 aliphatic rings. The SMILES string of the molecule is Cc1cccc2c(NC(=O)OCc3ccccc3)c([N+](=O)[O-])ccc12. The second-order valence-corrected chi connectivity index (χ2v) is 5.57. The maximum absolute atomic E-state index is 12.1. The molecule has 0 saturated carbocycles. The Balaban J connectivity index is 1.88. The number of ether oxygens (including phenoxy) is 1. The standard InChI is InChI=1S/C19H16N2O4/c1-13-6-5-9-16-15(13)10-11-17(21(23)24)18(16)20-19(22)25-12-14-7-3-2-4-8-14/h2-11H,12H2,1H3,(H,20,22). The molecule has 3 rings (SSSR count). The van der Waals surface area contributed by atoms with E-state index in [0.717, 1.165) is 16.5 Å². The largest absolute Gasteiger partial charge is 0.444 e. The number of carbonyl (C=O) groups is 1. The molecule has 0 fully saturated rings. The Morgan fingerprint density at radius 2 is 1.80 bits per heavy atom. The minimum atomic E-state index is -0.735. The van der Waals surface area contributed by atoms with Crippen molar-refractivity contribution in [2.24, 2.45) is 0 Å². The summed E-state index contributed by atoms with van der Waals surface area (Å²) in [6, 6.07) is 17.7. The molecule has 0 aliphatic carbocycles. The van der Waals surface area contributed by atoms with Gasteiger partial charge in [-0.05, 0) is 29.5 Å². The van der Waals surface area contributed by atoms with Gasteiger partial charge in [-0.1, -0.05) is 48.5 Å². The van der Waals surface area contributed by atoms with Crippen LogP contribution in [0.4, 0.5) is 16.2 Å². The molecule has 0 aromatic heterocycles. The molecule has 0 radical (unpaired) electrons. The van der Waals surface area contributed by atoms with Crippen LogP contribution in [0.3, 0.4) is 0 Å². The van der Waals surface area contributed by atoms with Gasteiger partial charge >= 0.3 is 6.09 Å². The number of fused-ring (bicyclic) bond motifs is 1. The average molecular weight is 336 g/mol. The molecule has 1 amide bonds. The van der Waals surface area contributed by atoms with Crippen LogP contribution in [0, 0.1) is 17.0 Å². The predicted octanol–water partition coefficient (Wildman–Crippen LogP) is 4.81. The highest BCUT2D eigenvalue weighted by molar-refractivity contribution is 6.05. The van der Waals surface area contributed by atoms with Gasteiger partial charge in [-0.15, -0.1) is 0 Å².